The molecule has 0 unspecified atom stereocenters. The summed E-state index contributed by atoms with van der Waals surface area (Å²) in [5.74, 6) is -0.0602. The molecule has 0 aliphatic heterocycles. The first-order chi connectivity index (χ1) is 8.31. The van der Waals surface area contributed by atoms with E-state index in [-0.39, 0.29) is 5.78 Å². The van der Waals surface area contributed by atoms with Gasteiger partial charge in [-0.2, -0.15) is 5.10 Å². The molecule has 4 nitrogen and oxygen atoms in total. The summed E-state index contributed by atoms with van der Waals surface area (Å²) in [5, 5.41) is 4.06. The van der Waals surface area contributed by atoms with Crippen molar-refractivity contribution < 1.29 is 4.79 Å². The first kappa shape index (κ1) is 11.3. The predicted molar refractivity (Wildman–Crippen MR) is 65.5 cm³/mol. The highest BCUT2D eigenvalue weighted by Gasteiger charge is 2.07. The van der Waals surface area contributed by atoms with E-state index in [4.69, 9.17) is 0 Å². The maximum atomic E-state index is 11.9. The van der Waals surface area contributed by atoms with Crippen molar-refractivity contribution in [3.8, 4) is 0 Å². The van der Waals surface area contributed by atoms with Crippen molar-refractivity contribution in [2.75, 3.05) is 0 Å². The third kappa shape index (κ3) is 2.66. The van der Waals surface area contributed by atoms with E-state index < -0.39 is 0 Å². The zero-order valence-corrected chi connectivity index (χ0v) is 9.58. The van der Waals surface area contributed by atoms with Crippen molar-refractivity contribution in [2.45, 2.75) is 13.5 Å². The molecule has 0 atom stereocenters. The Bertz CT molecular complexity index is 529. The molecule has 2 aromatic rings. The number of carbonyl (C=O) groups excluding carboxylic acids is 1. The van der Waals surface area contributed by atoms with Crippen LogP contribution in [-0.4, -0.2) is 20.5 Å². The van der Waals surface area contributed by atoms with Gasteiger partial charge in [0.1, 0.15) is 5.69 Å². The van der Waals surface area contributed by atoms with Gasteiger partial charge in [0.05, 0.1) is 5.69 Å². The molecule has 0 amide bonds. The number of hydrogen-bond donors (Lipinski definition) is 0. The second kappa shape index (κ2) is 5.21. The zero-order chi connectivity index (χ0) is 12.1. The molecule has 17 heavy (non-hydrogen) atoms. The zero-order valence-electron chi connectivity index (χ0n) is 9.58. The summed E-state index contributed by atoms with van der Waals surface area (Å²) >= 11 is 0. The van der Waals surface area contributed by atoms with Gasteiger partial charge in [0, 0.05) is 18.9 Å². The van der Waals surface area contributed by atoms with E-state index >= 15 is 0 Å². The number of aryl methyl sites for hydroxylation is 1. The van der Waals surface area contributed by atoms with Crippen LogP contribution in [0.25, 0.3) is 6.08 Å². The van der Waals surface area contributed by atoms with Gasteiger partial charge in [0.15, 0.2) is 0 Å². The minimum atomic E-state index is -0.0602. The maximum absolute atomic E-state index is 11.9. The van der Waals surface area contributed by atoms with E-state index in [1.807, 2.05) is 25.1 Å². The Balaban J connectivity index is 2.15. The van der Waals surface area contributed by atoms with Gasteiger partial charge >= 0.3 is 0 Å². The number of nitrogens with zero attached hydrogens (tertiary/aromatic N) is 3. The number of allylic oxidation sites excluding steroid dienone is 1. The number of hydrogen-bond acceptors (Lipinski definition) is 3. The van der Waals surface area contributed by atoms with Gasteiger partial charge in [0.2, 0.25) is 5.78 Å². The van der Waals surface area contributed by atoms with Crippen molar-refractivity contribution in [1.29, 1.82) is 0 Å². The van der Waals surface area contributed by atoms with Crippen molar-refractivity contribution >= 4 is 11.9 Å². The SMILES string of the molecule is CCn1nccc1C(=O)/C=C/c1ccccn1. The van der Waals surface area contributed by atoms with Gasteiger partial charge in [-0.15, -0.1) is 0 Å². The highest BCUT2D eigenvalue weighted by molar-refractivity contribution is 6.05. The molecule has 0 radical (unpaired) electrons. The Morgan fingerprint density at radius 3 is 2.94 bits per heavy atom. The molecule has 2 aromatic heterocycles. The van der Waals surface area contributed by atoms with Crippen LogP contribution < -0.4 is 0 Å². The van der Waals surface area contributed by atoms with E-state index in [2.05, 4.69) is 10.1 Å². The normalized spacial score (nSPS) is 10.9. The van der Waals surface area contributed by atoms with Crippen LogP contribution in [0.2, 0.25) is 0 Å². The summed E-state index contributed by atoms with van der Waals surface area (Å²) in [7, 11) is 0. The van der Waals surface area contributed by atoms with Crippen molar-refractivity contribution in [3.63, 3.8) is 0 Å². The summed E-state index contributed by atoms with van der Waals surface area (Å²) in [4.78, 5) is 16.0. The van der Waals surface area contributed by atoms with Gasteiger partial charge in [-0.25, -0.2) is 0 Å². The lowest BCUT2D eigenvalue weighted by Crippen LogP contribution is -2.07. The fourth-order valence-electron chi connectivity index (χ4n) is 1.51. The lowest BCUT2D eigenvalue weighted by Gasteiger charge is -1.99. The van der Waals surface area contributed by atoms with Gasteiger partial charge in [0.25, 0.3) is 0 Å². The predicted octanol–water partition coefficient (Wildman–Crippen LogP) is 2.19. The summed E-state index contributed by atoms with van der Waals surface area (Å²) < 4.78 is 1.67. The van der Waals surface area contributed by atoms with E-state index in [0.29, 0.717) is 12.2 Å². The topological polar surface area (TPSA) is 47.8 Å². The van der Waals surface area contributed by atoms with Crippen LogP contribution >= 0.6 is 0 Å². The molecule has 0 bridgehead atoms. The average molecular weight is 227 g/mol. The smallest absolute Gasteiger partial charge is 0.203 e. The van der Waals surface area contributed by atoms with E-state index in [0.717, 1.165) is 5.69 Å². The Morgan fingerprint density at radius 2 is 2.24 bits per heavy atom. The van der Waals surface area contributed by atoms with E-state index in [1.54, 1.807) is 29.2 Å². The monoisotopic (exact) mass is 227 g/mol. The molecular weight excluding hydrogens is 214 g/mol. The highest BCUT2D eigenvalue weighted by Crippen LogP contribution is 2.03. The molecule has 2 rings (SSSR count). The molecule has 0 N–H and O–H groups in total. The quantitative estimate of drug-likeness (QED) is 0.594. The molecule has 0 aromatic carbocycles. The molecular formula is C13H13N3O. The van der Waals surface area contributed by atoms with Crippen LogP contribution in [0.1, 0.15) is 23.1 Å². The standard InChI is InChI=1S/C13H13N3O/c1-2-16-12(8-10-15-16)13(17)7-6-11-5-3-4-9-14-11/h3-10H,2H2,1H3/b7-6+. The van der Waals surface area contributed by atoms with Crippen LogP contribution in [0.3, 0.4) is 0 Å². The number of pyridine rings is 1. The minimum absolute atomic E-state index is 0.0602. The molecule has 86 valence electrons. The molecule has 0 saturated carbocycles. The van der Waals surface area contributed by atoms with Crippen molar-refractivity contribution in [1.82, 2.24) is 14.8 Å². The van der Waals surface area contributed by atoms with Crippen LogP contribution in [0.15, 0.2) is 42.7 Å². The summed E-state index contributed by atoms with van der Waals surface area (Å²) in [5.41, 5.74) is 1.36. The second-order valence-corrected chi connectivity index (χ2v) is 3.48. The first-order valence-electron chi connectivity index (χ1n) is 5.46. The third-order valence-corrected chi connectivity index (χ3v) is 2.36. The molecule has 0 aliphatic carbocycles. The molecule has 0 aliphatic rings. The Labute approximate surface area is 99.6 Å². The van der Waals surface area contributed by atoms with Crippen LogP contribution in [0, 0.1) is 0 Å². The second-order valence-electron chi connectivity index (χ2n) is 3.48. The van der Waals surface area contributed by atoms with Gasteiger partial charge < -0.3 is 0 Å². The largest absolute Gasteiger partial charge is 0.288 e. The van der Waals surface area contributed by atoms with Gasteiger partial charge in [-0.3, -0.25) is 14.5 Å². The molecule has 0 saturated heterocycles. The molecule has 0 fully saturated rings. The maximum Gasteiger partial charge on any atom is 0.203 e. The van der Waals surface area contributed by atoms with Crippen molar-refractivity contribution in [2.24, 2.45) is 0 Å². The summed E-state index contributed by atoms with van der Waals surface area (Å²) in [6, 6.07) is 7.29. The highest BCUT2D eigenvalue weighted by atomic mass is 16.1. The lowest BCUT2D eigenvalue weighted by atomic mass is 10.2. The summed E-state index contributed by atoms with van der Waals surface area (Å²) in [6.45, 7) is 2.64. The Morgan fingerprint density at radius 1 is 1.35 bits per heavy atom. The van der Waals surface area contributed by atoms with E-state index in [9.17, 15) is 4.79 Å². The number of ketones is 1. The van der Waals surface area contributed by atoms with Crippen LogP contribution in [-0.2, 0) is 6.54 Å². The Hall–Kier alpha value is -2.23. The molecule has 4 heteroatoms. The fourth-order valence-corrected chi connectivity index (χ4v) is 1.51. The van der Waals surface area contributed by atoms with Gasteiger partial charge in [-0.1, -0.05) is 6.07 Å². The van der Waals surface area contributed by atoms with Crippen LogP contribution in [0.4, 0.5) is 0 Å². The Kier molecular flexibility index (Phi) is 3.45. The molecule has 0 spiro atoms. The minimum Gasteiger partial charge on any atom is -0.288 e. The number of aromatic nitrogens is 3. The average Bonchev–Trinajstić information content (AvgIpc) is 2.85. The summed E-state index contributed by atoms with van der Waals surface area (Å²) in [6.07, 6.45) is 6.55. The molecule has 2 heterocycles. The fraction of sp³-hybridized carbons (Fsp3) is 0.154. The van der Waals surface area contributed by atoms with Crippen LogP contribution in [0.5, 0.6) is 0 Å². The van der Waals surface area contributed by atoms with Gasteiger partial charge in [-0.05, 0) is 37.3 Å². The number of rotatable bonds is 4. The number of carbonyl (C=O) groups is 1. The lowest BCUT2D eigenvalue weighted by molar-refractivity contribution is 0.103. The van der Waals surface area contributed by atoms with E-state index in [1.165, 1.54) is 6.08 Å². The first-order valence-corrected chi connectivity index (χ1v) is 5.46. The van der Waals surface area contributed by atoms with Crippen molar-refractivity contribution in [3.05, 3.63) is 54.1 Å². The third-order valence-electron chi connectivity index (χ3n) is 2.36.